The quantitative estimate of drug-likeness (QED) is 0.727. The lowest BCUT2D eigenvalue weighted by atomic mass is 9.88. The van der Waals surface area contributed by atoms with Crippen LogP contribution in [0.3, 0.4) is 0 Å². The van der Waals surface area contributed by atoms with Crippen molar-refractivity contribution < 1.29 is 19.1 Å². The number of rotatable bonds is 4. The number of nitrogens with zero attached hydrogens (tertiary/aromatic N) is 2. The number of fused-ring (bicyclic) bond motifs is 1. The maximum Gasteiger partial charge on any atom is 0.236 e. The Hall–Kier alpha value is -2.08. The second-order valence-electron chi connectivity index (χ2n) is 8.42. The summed E-state index contributed by atoms with van der Waals surface area (Å²) in [4.78, 5) is 29.9. The molecule has 0 N–H and O–H groups in total. The second kappa shape index (κ2) is 9.61. The standard InChI is InChI=1S/C23H32N2O4/c26-22(25-10-4-2-1-3-5-11-25)17-24-12-8-18(9-13-24)23(27)19-6-7-20-21(16-19)29-15-14-28-20/h6-7,16,18H,1-5,8-15,17H2. The van der Waals surface area contributed by atoms with E-state index in [1.807, 2.05) is 23.1 Å². The third-order valence-electron chi connectivity index (χ3n) is 6.35. The summed E-state index contributed by atoms with van der Waals surface area (Å²) in [7, 11) is 0. The highest BCUT2D eigenvalue weighted by atomic mass is 16.6. The summed E-state index contributed by atoms with van der Waals surface area (Å²) < 4.78 is 11.1. The Morgan fingerprint density at radius 1 is 0.862 bits per heavy atom. The summed E-state index contributed by atoms with van der Waals surface area (Å²) in [6.07, 6.45) is 7.62. The van der Waals surface area contributed by atoms with Crippen LogP contribution < -0.4 is 9.47 Å². The maximum atomic E-state index is 12.9. The number of Topliss-reactive ketones (excluding diaryl/α,β-unsaturated/α-hetero) is 1. The van der Waals surface area contributed by atoms with Crippen LogP contribution in [0.4, 0.5) is 0 Å². The molecule has 0 unspecified atom stereocenters. The van der Waals surface area contributed by atoms with Gasteiger partial charge in [-0.3, -0.25) is 14.5 Å². The van der Waals surface area contributed by atoms with E-state index >= 15 is 0 Å². The lowest BCUT2D eigenvalue weighted by Crippen LogP contribution is -2.45. The van der Waals surface area contributed by atoms with Crippen molar-refractivity contribution in [1.82, 2.24) is 9.80 Å². The van der Waals surface area contributed by atoms with Crippen LogP contribution in [0.1, 0.15) is 55.3 Å². The SMILES string of the molecule is O=C(c1ccc2c(c1)OCCO2)C1CCN(CC(=O)N2CCCCCCC2)CC1. The molecule has 6 nitrogen and oxygen atoms in total. The minimum atomic E-state index is 0.0191. The van der Waals surface area contributed by atoms with Gasteiger partial charge in [-0.05, 0) is 57.0 Å². The fraction of sp³-hybridized carbons (Fsp3) is 0.652. The summed E-state index contributed by atoms with van der Waals surface area (Å²) in [5, 5.41) is 0. The normalized spacial score (nSPS) is 21.3. The molecule has 3 aliphatic heterocycles. The van der Waals surface area contributed by atoms with Crippen molar-refractivity contribution in [2.24, 2.45) is 5.92 Å². The predicted molar refractivity (Wildman–Crippen MR) is 111 cm³/mol. The fourth-order valence-corrected chi connectivity index (χ4v) is 4.57. The monoisotopic (exact) mass is 400 g/mol. The number of piperidine rings is 1. The molecule has 0 spiro atoms. The maximum absolute atomic E-state index is 12.9. The third-order valence-corrected chi connectivity index (χ3v) is 6.35. The van der Waals surface area contributed by atoms with Crippen LogP contribution in [0, 0.1) is 5.92 Å². The first-order valence-electron chi connectivity index (χ1n) is 11.1. The molecule has 0 bridgehead atoms. The zero-order valence-electron chi connectivity index (χ0n) is 17.2. The van der Waals surface area contributed by atoms with E-state index in [1.54, 1.807) is 0 Å². The van der Waals surface area contributed by atoms with Crippen molar-refractivity contribution in [1.29, 1.82) is 0 Å². The van der Waals surface area contributed by atoms with E-state index in [-0.39, 0.29) is 17.6 Å². The van der Waals surface area contributed by atoms with Crippen molar-refractivity contribution in [2.75, 3.05) is 45.9 Å². The van der Waals surface area contributed by atoms with Gasteiger partial charge in [-0.2, -0.15) is 0 Å². The molecule has 0 saturated carbocycles. The van der Waals surface area contributed by atoms with Gasteiger partial charge in [-0.25, -0.2) is 0 Å². The molecule has 1 aromatic carbocycles. The van der Waals surface area contributed by atoms with E-state index in [0.717, 1.165) is 51.9 Å². The van der Waals surface area contributed by atoms with E-state index in [0.29, 0.717) is 36.8 Å². The van der Waals surface area contributed by atoms with Gasteiger partial charge < -0.3 is 14.4 Å². The van der Waals surface area contributed by atoms with Crippen LogP contribution in [-0.4, -0.2) is 67.4 Å². The average molecular weight is 401 g/mol. The highest BCUT2D eigenvalue weighted by molar-refractivity contribution is 5.98. The van der Waals surface area contributed by atoms with Gasteiger partial charge in [-0.15, -0.1) is 0 Å². The number of ether oxygens (including phenoxy) is 2. The summed E-state index contributed by atoms with van der Waals surface area (Å²) in [6, 6.07) is 5.49. The molecule has 29 heavy (non-hydrogen) atoms. The van der Waals surface area contributed by atoms with E-state index in [1.165, 1.54) is 19.3 Å². The molecule has 2 fully saturated rings. The number of carbonyl (C=O) groups excluding carboxylic acids is 2. The Balaban J connectivity index is 1.27. The summed E-state index contributed by atoms with van der Waals surface area (Å²) >= 11 is 0. The fourth-order valence-electron chi connectivity index (χ4n) is 4.57. The lowest BCUT2D eigenvalue weighted by molar-refractivity contribution is -0.133. The number of ketones is 1. The molecule has 0 atom stereocenters. The Bertz CT molecular complexity index is 720. The molecule has 3 aliphatic rings. The van der Waals surface area contributed by atoms with Gasteiger partial charge in [0.05, 0.1) is 6.54 Å². The molecule has 0 aliphatic carbocycles. The molecule has 1 amide bonds. The lowest BCUT2D eigenvalue weighted by Gasteiger charge is -2.33. The molecule has 3 heterocycles. The third kappa shape index (κ3) is 5.10. The van der Waals surface area contributed by atoms with Crippen molar-refractivity contribution in [3.8, 4) is 11.5 Å². The Kier molecular flexibility index (Phi) is 6.70. The second-order valence-corrected chi connectivity index (χ2v) is 8.42. The minimum Gasteiger partial charge on any atom is -0.486 e. The first-order valence-corrected chi connectivity index (χ1v) is 11.1. The number of benzene rings is 1. The van der Waals surface area contributed by atoms with Crippen molar-refractivity contribution in [2.45, 2.75) is 44.9 Å². The molecule has 2 saturated heterocycles. The first-order chi connectivity index (χ1) is 14.2. The topological polar surface area (TPSA) is 59.1 Å². The molecule has 6 heteroatoms. The Labute approximate surface area is 173 Å². The van der Waals surface area contributed by atoms with E-state index in [2.05, 4.69) is 4.90 Å². The zero-order valence-corrected chi connectivity index (χ0v) is 17.2. The largest absolute Gasteiger partial charge is 0.486 e. The summed E-state index contributed by atoms with van der Waals surface area (Å²) in [5.41, 5.74) is 0.699. The van der Waals surface area contributed by atoms with Crippen LogP contribution >= 0.6 is 0 Å². The molecule has 158 valence electrons. The van der Waals surface area contributed by atoms with Crippen molar-refractivity contribution >= 4 is 11.7 Å². The molecular formula is C23H32N2O4. The molecule has 0 aromatic heterocycles. The number of carbonyl (C=O) groups is 2. The number of amides is 1. The van der Waals surface area contributed by atoms with Crippen molar-refractivity contribution in [3.63, 3.8) is 0 Å². The predicted octanol–water partition coefficient (Wildman–Crippen LogP) is 3.15. The number of hydrogen-bond donors (Lipinski definition) is 0. The van der Waals surface area contributed by atoms with Gasteiger partial charge in [0.1, 0.15) is 13.2 Å². The molecule has 1 aromatic rings. The molecule has 4 rings (SSSR count). The number of hydrogen-bond acceptors (Lipinski definition) is 5. The van der Waals surface area contributed by atoms with Crippen molar-refractivity contribution in [3.05, 3.63) is 23.8 Å². The number of likely N-dealkylation sites (tertiary alicyclic amines) is 2. The summed E-state index contributed by atoms with van der Waals surface area (Å²) in [5.74, 6) is 1.83. The van der Waals surface area contributed by atoms with Crippen LogP contribution in [-0.2, 0) is 4.79 Å². The summed E-state index contributed by atoms with van der Waals surface area (Å²) in [6.45, 7) is 4.98. The average Bonchev–Trinajstić information content (AvgIpc) is 2.73. The van der Waals surface area contributed by atoms with Crippen LogP contribution in [0.2, 0.25) is 0 Å². The molecule has 0 radical (unpaired) electrons. The van der Waals surface area contributed by atoms with Gasteiger partial charge in [0.15, 0.2) is 17.3 Å². The zero-order chi connectivity index (χ0) is 20.1. The van der Waals surface area contributed by atoms with Gasteiger partial charge in [-0.1, -0.05) is 19.3 Å². The van der Waals surface area contributed by atoms with E-state index in [9.17, 15) is 9.59 Å². The van der Waals surface area contributed by atoms with Gasteiger partial charge in [0, 0.05) is 24.6 Å². The first kappa shape index (κ1) is 20.2. The smallest absolute Gasteiger partial charge is 0.236 e. The van der Waals surface area contributed by atoms with Crippen LogP contribution in [0.15, 0.2) is 18.2 Å². The van der Waals surface area contributed by atoms with Gasteiger partial charge in [0.25, 0.3) is 0 Å². The van der Waals surface area contributed by atoms with Gasteiger partial charge in [0.2, 0.25) is 5.91 Å². The van der Waals surface area contributed by atoms with Crippen LogP contribution in [0.5, 0.6) is 11.5 Å². The highest BCUT2D eigenvalue weighted by Gasteiger charge is 2.28. The van der Waals surface area contributed by atoms with Gasteiger partial charge >= 0.3 is 0 Å². The Morgan fingerprint density at radius 3 is 2.24 bits per heavy atom. The Morgan fingerprint density at radius 2 is 1.52 bits per heavy atom. The highest BCUT2D eigenvalue weighted by Crippen LogP contribution is 2.32. The van der Waals surface area contributed by atoms with E-state index in [4.69, 9.17) is 9.47 Å². The van der Waals surface area contributed by atoms with E-state index < -0.39 is 0 Å². The molecular weight excluding hydrogens is 368 g/mol. The van der Waals surface area contributed by atoms with Crippen LogP contribution in [0.25, 0.3) is 0 Å². The minimum absolute atomic E-state index is 0.0191.